The molecule has 2 heterocycles. The SMILES string of the molecule is COC(=O)c1ccc2c(=O)[nH]c(CSc3nc4ccc(Cl)cc4c(=O)n3CC(C)C)nc2c1. The van der Waals surface area contributed by atoms with Crippen LogP contribution in [0.4, 0.5) is 0 Å². The predicted molar refractivity (Wildman–Crippen MR) is 129 cm³/mol. The second-order valence-corrected chi connectivity index (χ2v) is 9.27. The molecule has 4 rings (SSSR count). The molecule has 170 valence electrons. The zero-order valence-electron chi connectivity index (χ0n) is 18.2. The second-order valence-electron chi connectivity index (χ2n) is 7.89. The number of hydrogen-bond acceptors (Lipinski definition) is 7. The Morgan fingerprint density at radius 1 is 1.12 bits per heavy atom. The largest absolute Gasteiger partial charge is 0.465 e. The minimum Gasteiger partial charge on any atom is -0.465 e. The first-order valence-corrected chi connectivity index (χ1v) is 11.6. The van der Waals surface area contributed by atoms with Gasteiger partial charge in [-0.3, -0.25) is 14.2 Å². The summed E-state index contributed by atoms with van der Waals surface area (Å²) >= 11 is 7.38. The summed E-state index contributed by atoms with van der Waals surface area (Å²) in [6, 6.07) is 9.62. The van der Waals surface area contributed by atoms with E-state index in [0.717, 1.165) is 0 Å². The summed E-state index contributed by atoms with van der Waals surface area (Å²) in [6.45, 7) is 4.52. The van der Waals surface area contributed by atoms with Crippen molar-refractivity contribution in [3.8, 4) is 0 Å². The van der Waals surface area contributed by atoms with Crippen LogP contribution in [0.3, 0.4) is 0 Å². The van der Waals surface area contributed by atoms with E-state index < -0.39 is 5.97 Å². The van der Waals surface area contributed by atoms with Crippen molar-refractivity contribution in [1.82, 2.24) is 19.5 Å². The standard InChI is InChI=1S/C23H21ClN4O4S/c1-12(2)10-28-21(30)16-9-14(24)5-7-17(16)26-23(28)33-11-19-25-18-8-13(22(31)32-3)4-6-15(18)20(29)27-19/h4-9,12H,10-11H2,1-3H3,(H,25,27,29). The van der Waals surface area contributed by atoms with Crippen molar-refractivity contribution < 1.29 is 9.53 Å². The number of hydrogen-bond donors (Lipinski definition) is 1. The third-order valence-electron chi connectivity index (χ3n) is 4.94. The molecule has 10 heteroatoms. The van der Waals surface area contributed by atoms with Crippen molar-refractivity contribution in [2.24, 2.45) is 5.92 Å². The van der Waals surface area contributed by atoms with E-state index >= 15 is 0 Å². The van der Waals surface area contributed by atoms with E-state index in [1.165, 1.54) is 31.0 Å². The van der Waals surface area contributed by atoms with Gasteiger partial charge in [0.2, 0.25) is 0 Å². The van der Waals surface area contributed by atoms with Crippen LogP contribution in [-0.2, 0) is 17.0 Å². The van der Waals surface area contributed by atoms with Gasteiger partial charge in [-0.1, -0.05) is 37.2 Å². The number of esters is 1. The Morgan fingerprint density at radius 3 is 2.64 bits per heavy atom. The van der Waals surface area contributed by atoms with Gasteiger partial charge in [0.15, 0.2) is 5.16 Å². The minimum absolute atomic E-state index is 0.165. The molecule has 2 aromatic heterocycles. The summed E-state index contributed by atoms with van der Waals surface area (Å²) < 4.78 is 6.37. The number of halogens is 1. The van der Waals surface area contributed by atoms with Gasteiger partial charge in [0.1, 0.15) is 5.82 Å². The number of methoxy groups -OCH3 is 1. The lowest BCUT2D eigenvalue weighted by atomic mass is 10.1. The number of rotatable bonds is 6. The number of carbonyl (C=O) groups excluding carboxylic acids is 1. The van der Waals surface area contributed by atoms with E-state index in [-0.39, 0.29) is 22.8 Å². The highest BCUT2D eigenvalue weighted by atomic mass is 35.5. The molecule has 33 heavy (non-hydrogen) atoms. The highest BCUT2D eigenvalue weighted by Crippen LogP contribution is 2.23. The molecule has 0 saturated heterocycles. The van der Waals surface area contributed by atoms with Crippen LogP contribution in [-0.4, -0.2) is 32.6 Å². The molecule has 0 spiro atoms. The topological polar surface area (TPSA) is 107 Å². The molecule has 4 aromatic rings. The third-order valence-corrected chi connectivity index (χ3v) is 6.17. The summed E-state index contributed by atoms with van der Waals surface area (Å²) in [4.78, 5) is 49.4. The monoisotopic (exact) mass is 484 g/mol. The number of benzene rings is 2. The smallest absolute Gasteiger partial charge is 0.337 e. The Labute approximate surface area is 198 Å². The number of H-pyrrole nitrogens is 1. The number of carbonyl (C=O) groups is 1. The second kappa shape index (κ2) is 9.36. The number of fused-ring (bicyclic) bond motifs is 2. The van der Waals surface area contributed by atoms with Crippen LogP contribution in [0.5, 0.6) is 0 Å². The lowest BCUT2D eigenvalue weighted by Crippen LogP contribution is -2.25. The molecular weight excluding hydrogens is 464 g/mol. The molecule has 2 aromatic carbocycles. The quantitative estimate of drug-likeness (QED) is 0.250. The van der Waals surface area contributed by atoms with E-state index in [1.54, 1.807) is 28.8 Å². The highest BCUT2D eigenvalue weighted by molar-refractivity contribution is 7.98. The maximum Gasteiger partial charge on any atom is 0.337 e. The van der Waals surface area contributed by atoms with Crippen LogP contribution in [0.25, 0.3) is 21.8 Å². The zero-order chi connectivity index (χ0) is 23.7. The molecule has 0 fully saturated rings. The number of thioether (sulfide) groups is 1. The fourth-order valence-corrected chi connectivity index (χ4v) is 4.49. The molecule has 0 aliphatic rings. The Bertz CT molecular complexity index is 1500. The molecule has 0 aliphatic heterocycles. The Morgan fingerprint density at radius 2 is 1.91 bits per heavy atom. The van der Waals surface area contributed by atoms with Gasteiger partial charge in [0.25, 0.3) is 11.1 Å². The van der Waals surface area contributed by atoms with E-state index in [9.17, 15) is 14.4 Å². The molecule has 0 radical (unpaired) electrons. The van der Waals surface area contributed by atoms with Crippen LogP contribution < -0.4 is 11.1 Å². The van der Waals surface area contributed by atoms with Gasteiger partial charge in [-0.25, -0.2) is 14.8 Å². The first kappa shape index (κ1) is 23.0. The molecular formula is C23H21ClN4O4S. The first-order chi connectivity index (χ1) is 15.8. The Kier molecular flexibility index (Phi) is 6.53. The first-order valence-electron chi connectivity index (χ1n) is 10.2. The molecule has 1 N–H and O–H groups in total. The van der Waals surface area contributed by atoms with Crippen molar-refractivity contribution in [1.29, 1.82) is 0 Å². The molecule has 8 nitrogen and oxygen atoms in total. The average molecular weight is 485 g/mol. The predicted octanol–water partition coefficient (Wildman–Crippen LogP) is 4.02. The number of nitrogens with one attached hydrogen (secondary N) is 1. The zero-order valence-corrected chi connectivity index (χ0v) is 19.8. The summed E-state index contributed by atoms with van der Waals surface area (Å²) in [6.07, 6.45) is 0. The van der Waals surface area contributed by atoms with Crippen LogP contribution in [0.15, 0.2) is 51.1 Å². The van der Waals surface area contributed by atoms with Gasteiger partial charge in [-0.05, 0) is 42.3 Å². The van der Waals surface area contributed by atoms with Gasteiger partial charge < -0.3 is 9.72 Å². The Hall–Kier alpha value is -3.17. The summed E-state index contributed by atoms with van der Waals surface area (Å²) in [5.41, 5.74) is 0.768. The van der Waals surface area contributed by atoms with E-state index in [4.69, 9.17) is 16.3 Å². The van der Waals surface area contributed by atoms with Crippen LogP contribution >= 0.6 is 23.4 Å². The normalized spacial score (nSPS) is 11.4. The van der Waals surface area contributed by atoms with E-state index in [0.29, 0.717) is 49.9 Å². The minimum atomic E-state index is -0.506. The van der Waals surface area contributed by atoms with E-state index in [2.05, 4.69) is 15.0 Å². The van der Waals surface area contributed by atoms with Gasteiger partial charge >= 0.3 is 5.97 Å². The fourth-order valence-electron chi connectivity index (χ4n) is 3.44. The summed E-state index contributed by atoms with van der Waals surface area (Å²) in [7, 11) is 1.29. The van der Waals surface area contributed by atoms with Crippen molar-refractivity contribution in [3.05, 3.63) is 73.5 Å². The van der Waals surface area contributed by atoms with E-state index in [1.807, 2.05) is 13.8 Å². The Balaban J connectivity index is 1.73. The van der Waals surface area contributed by atoms with Gasteiger partial charge in [-0.15, -0.1) is 0 Å². The molecule has 0 unspecified atom stereocenters. The highest BCUT2D eigenvalue weighted by Gasteiger charge is 2.15. The number of aromatic nitrogens is 4. The van der Waals surface area contributed by atoms with Crippen LogP contribution in [0.1, 0.15) is 30.0 Å². The van der Waals surface area contributed by atoms with Crippen LogP contribution in [0, 0.1) is 5.92 Å². The number of ether oxygens (including phenoxy) is 1. The third kappa shape index (κ3) is 4.79. The van der Waals surface area contributed by atoms with Crippen molar-refractivity contribution in [2.75, 3.05) is 7.11 Å². The summed E-state index contributed by atoms with van der Waals surface area (Å²) in [5.74, 6) is 0.391. The summed E-state index contributed by atoms with van der Waals surface area (Å²) in [5, 5.41) is 1.82. The maximum atomic E-state index is 13.1. The number of nitrogens with zero attached hydrogens (tertiary/aromatic N) is 3. The van der Waals surface area contributed by atoms with Crippen molar-refractivity contribution in [3.63, 3.8) is 0 Å². The van der Waals surface area contributed by atoms with Gasteiger partial charge in [0.05, 0.1) is 40.2 Å². The van der Waals surface area contributed by atoms with Crippen molar-refractivity contribution >= 4 is 51.1 Å². The molecule has 0 saturated carbocycles. The molecule has 0 aliphatic carbocycles. The lowest BCUT2D eigenvalue weighted by Gasteiger charge is -2.15. The van der Waals surface area contributed by atoms with Crippen LogP contribution in [0.2, 0.25) is 5.02 Å². The molecule has 0 bridgehead atoms. The molecule has 0 atom stereocenters. The van der Waals surface area contributed by atoms with Gasteiger partial charge in [0, 0.05) is 11.6 Å². The fraction of sp³-hybridized carbons (Fsp3) is 0.261. The average Bonchev–Trinajstić information content (AvgIpc) is 2.79. The van der Waals surface area contributed by atoms with Gasteiger partial charge in [-0.2, -0.15) is 0 Å². The molecule has 0 amide bonds. The maximum absolute atomic E-state index is 13.1. The lowest BCUT2D eigenvalue weighted by molar-refractivity contribution is 0.0601. The number of aromatic amines is 1. The van der Waals surface area contributed by atoms with Crippen molar-refractivity contribution in [2.45, 2.75) is 31.3 Å².